The standard InChI is InChI=1S/C16H34N2O/c1-6-15(4)18(9-10-19-5)16(12-17)11-13(2)7-8-14(16)3/h13-15H,6-12,17H2,1-5H3. The number of hydrogen-bond donors (Lipinski definition) is 1. The van der Waals surface area contributed by atoms with Gasteiger partial charge < -0.3 is 10.5 Å². The maximum Gasteiger partial charge on any atom is 0.0590 e. The summed E-state index contributed by atoms with van der Waals surface area (Å²) in [5.74, 6) is 1.47. The van der Waals surface area contributed by atoms with Crippen LogP contribution in [0.5, 0.6) is 0 Å². The molecule has 4 unspecified atom stereocenters. The van der Waals surface area contributed by atoms with Crippen LogP contribution in [0.15, 0.2) is 0 Å². The van der Waals surface area contributed by atoms with Gasteiger partial charge in [-0.1, -0.05) is 27.2 Å². The molecular formula is C16H34N2O. The molecule has 0 spiro atoms. The number of hydrogen-bond acceptors (Lipinski definition) is 3. The zero-order chi connectivity index (χ0) is 14.5. The summed E-state index contributed by atoms with van der Waals surface area (Å²) in [6, 6.07) is 0.575. The van der Waals surface area contributed by atoms with Crippen LogP contribution in [0.1, 0.15) is 53.4 Å². The molecule has 4 atom stereocenters. The zero-order valence-electron chi connectivity index (χ0n) is 13.6. The Labute approximate surface area is 119 Å². The minimum Gasteiger partial charge on any atom is -0.383 e. The molecule has 0 amide bonds. The van der Waals surface area contributed by atoms with Crippen molar-refractivity contribution in [3.05, 3.63) is 0 Å². The molecule has 1 rings (SSSR count). The summed E-state index contributed by atoms with van der Waals surface area (Å²) >= 11 is 0. The Bertz CT molecular complexity index is 259. The first-order chi connectivity index (χ1) is 9.01. The van der Waals surface area contributed by atoms with Crippen LogP contribution < -0.4 is 5.73 Å². The van der Waals surface area contributed by atoms with Gasteiger partial charge in [0.05, 0.1) is 6.61 Å². The second kappa shape index (κ2) is 7.61. The number of nitrogens with two attached hydrogens (primary N) is 1. The van der Waals surface area contributed by atoms with Gasteiger partial charge in [-0.3, -0.25) is 4.90 Å². The molecule has 19 heavy (non-hydrogen) atoms. The highest BCUT2D eigenvalue weighted by Crippen LogP contribution is 2.41. The highest BCUT2D eigenvalue weighted by atomic mass is 16.5. The Hall–Kier alpha value is -0.120. The molecule has 2 N–H and O–H groups in total. The molecule has 0 bridgehead atoms. The minimum absolute atomic E-state index is 0.172. The number of methoxy groups -OCH3 is 1. The van der Waals surface area contributed by atoms with Crippen molar-refractivity contribution >= 4 is 0 Å². The van der Waals surface area contributed by atoms with E-state index >= 15 is 0 Å². The zero-order valence-corrected chi connectivity index (χ0v) is 13.6. The first-order valence-electron chi connectivity index (χ1n) is 7.97. The number of rotatable bonds is 7. The van der Waals surface area contributed by atoms with Crippen molar-refractivity contribution in [1.29, 1.82) is 0 Å². The van der Waals surface area contributed by atoms with E-state index in [1.54, 1.807) is 7.11 Å². The van der Waals surface area contributed by atoms with Crippen molar-refractivity contribution in [2.45, 2.75) is 65.0 Å². The lowest BCUT2D eigenvalue weighted by Crippen LogP contribution is -2.63. The lowest BCUT2D eigenvalue weighted by Gasteiger charge is -2.54. The average molecular weight is 270 g/mol. The van der Waals surface area contributed by atoms with E-state index in [1.807, 2.05) is 0 Å². The van der Waals surface area contributed by atoms with Crippen LogP contribution in [0.2, 0.25) is 0 Å². The molecule has 3 heteroatoms. The first kappa shape index (κ1) is 16.9. The van der Waals surface area contributed by atoms with E-state index in [0.717, 1.165) is 25.6 Å². The Balaban J connectivity index is 2.97. The maximum atomic E-state index is 6.27. The van der Waals surface area contributed by atoms with Crippen LogP contribution in [-0.4, -0.2) is 43.3 Å². The fourth-order valence-electron chi connectivity index (χ4n) is 3.80. The summed E-state index contributed by atoms with van der Waals surface area (Å²) in [7, 11) is 1.79. The number of nitrogens with zero attached hydrogens (tertiary/aromatic N) is 1. The van der Waals surface area contributed by atoms with Gasteiger partial charge in [0.15, 0.2) is 0 Å². The minimum atomic E-state index is 0.172. The maximum absolute atomic E-state index is 6.27. The Morgan fingerprint density at radius 1 is 1.37 bits per heavy atom. The third kappa shape index (κ3) is 3.71. The highest BCUT2D eigenvalue weighted by Gasteiger charge is 2.45. The molecule has 3 nitrogen and oxygen atoms in total. The fraction of sp³-hybridized carbons (Fsp3) is 1.00. The molecule has 0 aromatic rings. The largest absolute Gasteiger partial charge is 0.383 e. The normalized spacial score (nSPS) is 33.6. The molecule has 0 saturated heterocycles. The van der Waals surface area contributed by atoms with E-state index in [0.29, 0.717) is 12.0 Å². The molecular weight excluding hydrogens is 236 g/mol. The van der Waals surface area contributed by atoms with Gasteiger partial charge in [0.25, 0.3) is 0 Å². The van der Waals surface area contributed by atoms with Crippen molar-refractivity contribution in [2.75, 3.05) is 26.8 Å². The van der Waals surface area contributed by atoms with Gasteiger partial charge >= 0.3 is 0 Å². The molecule has 1 saturated carbocycles. The Morgan fingerprint density at radius 3 is 2.58 bits per heavy atom. The van der Waals surface area contributed by atoms with Gasteiger partial charge in [-0.2, -0.15) is 0 Å². The van der Waals surface area contributed by atoms with Crippen molar-refractivity contribution in [3.63, 3.8) is 0 Å². The molecule has 114 valence electrons. The first-order valence-corrected chi connectivity index (χ1v) is 7.97. The lowest BCUT2D eigenvalue weighted by molar-refractivity contribution is -0.0405. The van der Waals surface area contributed by atoms with E-state index < -0.39 is 0 Å². The fourth-order valence-corrected chi connectivity index (χ4v) is 3.80. The molecule has 0 aliphatic heterocycles. The van der Waals surface area contributed by atoms with Gasteiger partial charge in [-0.05, 0) is 38.0 Å². The van der Waals surface area contributed by atoms with Gasteiger partial charge in [0, 0.05) is 31.8 Å². The third-order valence-corrected chi connectivity index (χ3v) is 5.30. The molecule has 0 radical (unpaired) electrons. The summed E-state index contributed by atoms with van der Waals surface area (Å²) < 4.78 is 5.33. The Morgan fingerprint density at radius 2 is 2.05 bits per heavy atom. The van der Waals surface area contributed by atoms with Gasteiger partial charge in [0.2, 0.25) is 0 Å². The van der Waals surface area contributed by atoms with E-state index in [9.17, 15) is 0 Å². The SMILES string of the molecule is CCC(C)N(CCOC)C1(CN)CC(C)CCC1C. The predicted molar refractivity (Wildman–Crippen MR) is 82.3 cm³/mol. The molecule has 1 aliphatic carbocycles. The van der Waals surface area contributed by atoms with E-state index in [1.165, 1.54) is 25.7 Å². The molecule has 0 heterocycles. The van der Waals surface area contributed by atoms with Gasteiger partial charge in [-0.15, -0.1) is 0 Å². The van der Waals surface area contributed by atoms with E-state index in [4.69, 9.17) is 10.5 Å². The van der Waals surface area contributed by atoms with Crippen LogP contribution in [0.3, 0.4) is 0 Å². The summed E-state index contributed by atoms with van der Waals surface area (Å²) in [6.07, 6.45) is 5.06. The van der Waals surface area contributed by atoms with Gasteiger partial charge in [-0.25, -0.2) is 0 Å². The summed E-state index contributed by atoms with van der Waals surface area (Å²) in [4.78, 5) is 2.65. The quantitative estimate of drug-likeness (QED) is 0.773. The van der Waals surface area contributed by atoms with Crippen LogP contribution in [0.4, 0.5) is 0 Å². The van der Waals surface area contributed by atoms with Gasteiger partial charge in [0.1, 0.15) is 0 Å². The molecule has 1 aliphatic rings. The third-order valence-electron chi connectivity index (χ3n) is 5.30. The second-order valence-corrected chi connectivity index (χ2v) is 6.54. The van der Waals surface area contributed by atoms with Crippen LogP contribution in [0.25, 0.3) is 0 Å². The highest BCUT2D eigenvalue weighted by molar-refractivity contribution is 5.01. The summed E-state index contributed by atoms with van der Waals surface area (Å²) in [5, 5.41) is 0. The topological polar surface area (TPSA) is 38.5 Å². The van der Waals surface area contributed by atoms with Crippen molar-refractivity contribution in [2.24, 2.45) is 17.6 Å². The Kier molecular flexibility index (Phi) is 6.78. The van der Waals surface area contributed by atoms with Crippen molar-refractivity contribution in [3.8, 4) is 0 Å². The monoisotopic (exact) mass is 270 g/mol. The van der Waals surface area contributed by atoms with Crippen LogP contribution in [-0.2, 0) is 4.74 Å². The summed E-state index contributed by atoms with van der Waals surface area (Å²) in [5.41, 5.74) is 6.45. The number of ether oxygens (including phenoxy) is 1. The second-order valence-electron chi connectivity index (χ2n) is 6.54. The molecule has 1 fully saturated rings. The molecule has 0 aromatic heterocycles. The van der Waals surface area contributed by atoms with E-state index in [-0.39, 0.29) is 5.54 Å². The summed E-state index contributed by atoms with van der Waals surface area (Å²) in [6.45, 7) is 11.9. The smallest absolute Gasteiger partial charge is 0.0590 e. The van der Waals surface area contributed by atoms with E-state index in [2.05, 4.69) is 32.6 Å². The van der Waals surface area contributed by atoms with Crippen LogP contribution >= 0.6 is 0 Å². The van der Waals surface area contributed by atoms with Crippen molar-refractivity contribution in [1.82, 2.24) is 4.90 Å². The lowest BCUT2D eigenvalue weighted by atomic mass is 9.68. The predicted octanol–water partition coefficient (Wildman–Crippen LogP) is 2.89. The average Bonchev–Trinajstić information content (AvgIpc) is 2.42. The molecule has 0 aromatic carbocycles. The van der Waals surface area contributed by atoms with Crippen LogP contribution in [0, 0.1) is 11.8 Å². The van der Waals surface area contributed by atoms with Crippen molar-refractivity contribution < 1.29 is 4.74 Å².